The maximum Gasteiger partial charge on any atom is 0.0593 e. The number of nitrogens with zero attached hydrogens (tertiary/aromatic N) is 2. The van der Waals surface area contributed by atoms with Gasteiger partial charge in [-0.05, 0) is 37.7 Å². The van der Waals surface area contributed by atoms with Crippen molar-refractivity contribution in [1.82, 2.24) is 14.8 Å². The van der Waals surface area contributed by atoms with Crippen molar-refractivity contribution in [3.8, 4) is 11.3 Å². The lowest BCUT2D eigenvalue weighted by atomic mass is 10.0. The fourth-order valence-electron chi connectivity index (χ4n) is 4.38. The molecule has 1 saturated heterocycles. The minimum atomic E-state index is 0.546. The molecule has 3 aromatic rings. The second-order valence-electron chi connectivity index (χ2n) is 8.28. The third-order valence-electron chi connectivity index (χ3n) is 5.64. The second kappa shape index (κ2) is 8.48. The van der Waals surface area contributed by atoms with E-state index in [4.69, 9.17) is 4.74 Å². The lowest BCUT2D eigenvalue weighted by Gasteiger charge is -2.25. The number of benzene rings is 2. The Kier molecular flexibility index (Phi) is 5.81. The van der Waals surface area contributed by atoms with Gasteiger partial charge in [0.2, 0.25) is 0 Å². The molecule has 0 bridgehead atoms. The summed E-state index contributed by atoms with van der Waals surface area (Å²) >= 11 is 0. The molecule has 4 nitrogen and oxygen atoms in total. The van der Waals surface area contributed by atoms with E-state index in [-0.39, 0.29) is 0 Å². The summed E-state index contributed by atoms with van der Waals surface area (Å²) in [5.74, 6) is 0.546. The van der Waals surface area contributed by atoms with Crippen molar-refractivity contribution in [3.05, 3.63) is 59.7 Å². The lowest BCUT2D eigenvalue weighted by Crippen LogP contribution is -2.34. The topological polar surface area (TPSA) is 31.5 Å². The normalized spacial score (nSPS) is 18.6. The van der Waals surface area contributed by atoms with E-state index in [0.717, 1.165) is 39.4 Å². The molecule has 0 radical (unpaired) electrons. The number of ether oxygens (including phenoxy) is 1. The molecule has 1 aliphatic rings. The van der Waals surface area contributed by atoms with Crippen LogP contribution in [0.15, 0.2) is 48.5 Å². The van der Waals surface area contributed by atoms with Gasteiger partial charge in [0.25, 0.3) is 0 Å². The Morgan fingerprint density at radius 3 is 2.71 bits per heavy atom. The van der Waals surface area contributed by atoms with Gasteiger partial charge in [0.05, 0.1) is 18.9 Å². The van der Waals surface area contributed by atoms with Gasteiger partial charge in [0.1, 0.15) is 0 Å². The zero-order valence-corrected chi connectivity index (χ0v) is 17.2. The van der Waals surface area contributed by atoms with Crippen LogP contribution in [0.2, 0.25) is 0 Å². The Bertz CT molecular complexity index is 916. The predicted molar refractivity (Wildman–Crippen MR) is 117 cm³/mol. The molecule has 0 aliphatic carbocycles. The fraction of sp³-hybridized carbons (Fsp3) is 0.417. The lowest BCUT2D eigenvalue weighted by molar-refractivity contribution is 0.112. The van der Waals surface area contributed by atoms with Gasteiger partial charge in [-0.1, -0.05) is 48.5 Å². The SMILES string of the molecule is Cc1cccc2c(CN3CCOCC(CN(C)C)C3)c(-c3ccccc3)[nH]c12. The van der Waals surface area contributed by atoms with Crippen LogP contribution in [-0.4, -0.2) is 61.7 Å². The molecule has 4 rings (SSSR count). The van der Waals surface area contributed by atoms with Crippen LogP contribution >= 0.6 is 0 Å². The van der Waals surface area contributed by atoms with Crippen LogP contribution in [-0.2, 0) is 11.3 Å². The van der Waals surface area contributed by atoms with Crippen LogP contribution in [0.25, 0.3) is 22.2 Å². The van der Waals surface area contributed by atoms with E-state index in [1.165, 1.54) is 33.3 Å². The molecule has 1 N–H and O–H groups in total. The van der Waals surface area contributed by atoms with E-state index in [9.17, 15) is 0 Å². The molecular weight excluding hydrogens is 346 g/mol. The van der Waals surface area contributed by atoms with E-state index in [1.54, 1.807) is 0 Å². The predicted octanol–water partition coefficient (Wildman–Crippen LogP) is 4.15. The van der Waals surface area contributed by atoms with Crippen LogP contribution in [0.3, 0.4) is 0 Å². The summed E-state index contributed by atoms with van der Waals surface area (Å²) in [6, 6.07) is 17.3. The highest BCUT2D eigenvalue weighted by atomic mass is 16.5. The Morgan fingerprint density at radius 2 is 1.93 bits per heavy atom. The van der Waals surface area contributed by atoms with Crippen molar-refractivity contribution in [2.45, 2.75) is 13.5 Å². The van der Waals surface area contributed by atoms with Crippen molar-refractivity contribution >= 4 is 10.9 Å². The number of nitrogens with one attached hydrogen (secondary N) is 1. The molecule has 0 amide bonds. The van der Waals surface area contributed by atoms with Gasteiger partial charge < -0.3 is 14.6 Å². The zero-order valence-electron chi connectivity index (χ0n) is 17.2. The quantitative estimate of drug-likeness (QED) is 0.725. The highest BCUT2D eigenvalue weighted by Crippen LogP contribution is 2.33. The monoisotopic (exact) mass is 377 g/mol. The highest BCUT2D eigenvalue weighted by Gasteiger charge is 2.22. The number of para-hydroxylation sites is 1. The Hall–Kier alpha value is -2.14. The number of aryl methyl sites for hydroxylation is 1. The van der Waals surface area contributed by atoms with Crippen molar-refractivity contribution in [2.75, 3.05) is 46.9 Å². The average Bonchev–Trinajstić information content (AvgIpc) is 2.90. The van der Waals surface area contributed by atoms with Gasteiger partial charge in [-0.25, -0.2) is 0 Å². The van der Waals surface area contributed by atoms with Gasteiger partial charge in [-0.15, -0.1) is 0 Å². The van der Waals surface area contributed by atoms with Gasteiger partial charge in [0.15, 0.2) is 0 Å². The molecule has 1 aromatic heterocycles. The van der Waals surface area contributed by atoms with Crippen molar-refractivity contribution in [3.63, 3.8) is 0 Å². The molecule has 148 valence electrons. The van der Waals surface area contributed by atoms with Crippen molar-refractivity contribution in [1.29, 1.82) is 0 Å². The number of hydrogen-bond acceptors (Lipinski definition) is 3. The van der Waals surface area contributed by atoms with Crippen LogP contribution in [0, 0.1) is 12.8 Å². The molecule has 1 fully saturated rings. The Morgan fingerprint density at radius 1 is 1.11 bits per heavy atom. The van der Waals surface area contributed by atoms with Gasteiger partial charge in [0, 0.05) is 43.0 Å². The number of aromatic amines is 1. The minimum Gasteiger partial charge on any atom is -0.380 e. The van der Waals surface area contributed by atoms with E-state index in [0.29, 0.717) is 5.92 Å². The number of hydrogen-bond donors (Lipinski definition) is 1. The largest absolute Gasteiger partial charge is 0.380 e. The van der Waals surface area contributed by atoms with Crippen LogP contribution in [0.4, 0.5) is 0 Å². The second-order valence-corrected chi connectivity index (χ2v) is 8.28. The van der Waals surface area contributed by atoms with Gasteiger partial charge in [-0.3, -0.25) is 4.90 Å². The van der Waals surface area contributed by atoms with Crippen molar-refractivity contribution in [2.24, 2.45) is 5.92 Å². The molecule has 0 saturated carbocycles. The first-order valence-electron chi connectivity index (χ1n) is 10.2. The molecule has 0 spiro atoms. The first kappa shape index (κ1) is 19.2. The molecule has 1 atom stereocenters. The van der Waals surface area contributed by atoms with Gasteiger partial charge in [-0.2, -0.15) is 0 Å². The third kappa shape index (κ3) is 4.14. The van der Waals surface area contributed by atoms with E-state index < -0.39 is 0 Å². The van der Waals surface area contributed by atoms with Gasteiger partial charge >= 0.3 is 0 Å². The third-order valence-corrected chi connectivity index (χ3v) is 5.64. The summed E-state index contributed by atoms with van der Waals surface area (Å²) in [6.45, 7) is 7.92. The highest BCUT2D eigenvalue weighted by molar-refractivity contribution is 5.92. The number of H-pyrrole nitrogens is 1. The first-order chi connectivity index (χ1) is 13.6. The molecular formula is C24H31N3O. The maximum atomic E-state index is 5.90. The minimum absolute atomic E-state index is 0.546. The molecule has 2 heterocycles. The summed E-state index contributed by atoms with van der Waals surface area (Å²) in [7, 11) is 4.29. The van der Waals surface area contributed by atoms with Crippen LogP contribution in [0.5, 0.6) is 0 Å². The summed E-state index contributed by atoms with van der Waals surface area (Å²) in [5.41, 5.74) is 6.46. The smallest absolute Gasteiger partial charge is 0.0593 e. The van der Waals surface area contributed by atoms with Crippen molar-refractivity contribution < 1.29 is 4.74 Å². The summed E-state index contributed by atoms with van der Waals surface area (Å²) < 4.78 is 5.90. The Labute approximate surface area is 168 Å². The molecule has 1 unspecified atom stereocenters. The summed E-state index contributed by atoms with van der Waals surface area (Å²) in [5, 5.41) is 1.34. The van der Waals surface area contributed by atoms with E-state index in [2.05, 4.69) is 84.3 Å². The summed E-state index contributed by atoms with van der Waals surface area (Å²) in [4.78, 5) is 8.57. The van der Waals surface area contributed by atoms with Crippen LogP contribution < -0.4 is 0 Å². The number of aromatic nitrogens is 1. The number of rotatable bonds is 5. The number of fused-ring (bicyclic) bond motifs is 1. The van der Waals surface area contributed by atoms with E-state index >= 15 is 0 Å². The Balaban J connectivity index is 1.70. The van der Waals surface area contributed by atoms with E-state index in [1.807, 2.05) is 0 Å². The maximum absolute atomic E-state index is 5.90. The molecule has 1 aliphatic heterocycles. The summed E-state index contributed by atoms with van der Waals surface area (Å²) in [6.07, 6.45) is 0. The average molecular weight is 378 g/mol. The van der Waals surface area contributed by atoms with Crippen LogP contribution in [0.1, 0.15) is 11.1 Å². The molecule has 4 heteroatoms. The fourth-order valence-corrected chi connectivity index (χ4v) is 4.38. The molecule has 28 heavy (non-hydrogen) atoms. The zero-order chi connectivity index (χ0) is 19.5. The standard InChI is InChI=1S/C24H31N3O/c1-18-8-7-11-21-22(24(25-23(18)21)20-9-5-4-6-10-20)16-27-12-13-28-17-19(15-27)14-26(2)3/h4-11,19,25H,12-17H2,1-3H3. The molecule has 2 aromatic carbocycles. The first-order valence-corrected chi connectivity index (χ1v) is 10.2.